The molecule has 10 heteroatoms. The van der Waals surface area contributed by atoms with Gasteiger partial charge in [0.25, 0.3) is 17.7 Å². The molecule has 9 nitrogen and oxygen atoms in total. The van der Waals surface area contributed by atoms with E-state index in [1.165, 1.54) is 38.4 Å². The van der Waals surface area contributed by atoms with Crippen molar-refractivity contribution < 1.29 is 23.9 Å². The highest BCUT2D eigenvalue weighted by molar-refractivity contribution is 6.31. The van der Waals surface area contributed by atoms with Crippen LogP contribution in [0.25, 0.3) is 0 Å². The van der Waals surface area contributed by atoms with Crippen molar-refractivity contribution >= 4 is 29.3 Å². The number of ether oxygens (including phenoxy) is 2. The molecule has 0 fully saturated rings. The van der Waals surface area contributed by atoms with Crippen molar-refractivity contribution in [3.63, 3.8) is 0 Å². The molecule has 2 aromatic carbocycles. The standard InChI is InChI=1S/C22H23ClN4O5/c1-25-20(28)13-32-19-7-14(11-24)3-4-15(19)12-27-22(30)17-8-16(9-18(23)10-17)21(29)26-5-6-31-2/h3-4,7-10H,5-6,12-13H2,1-2H3,(H,25,28)(H,26,29)(H,27,30). The van der Waals surface area contributed by atoms with Crippen LogP contribution in [0.4, 0.5) is 0 Å². The van der Waals surface area contributed by atoms with Crippen LogP contribution in [0.2, 0.25) is 5.02 Å². The fourth-order valence-corrected chi connectivity index (χ4v) is 2.85. The average Bonchev–Trinajstić information content (AvgIpc) is 2.80. The summed E-state index contributed by atoms with van der Waals surface area (Å²) in [4.78, 5) is 36.4. The fourth-order valence-electron chi connectivity index (χ4n) is 2.62. The molecule has 2 rings (SSSR count). The van der Waals surface area contributed by atoms with Gasteiger partial charge in [0.1, 0.15) is 5.75 Å². The first-order valence-electron chi connectivity index (χ1n) is 9.60. The van der Waals surface area contributed by atoms with Crippen LogP contribution in [0, 0.1) is 11.3 Å². The summed E-state index contributed by atoms with van der Waals surface area (Å²) in [5.74, 6) is -0.870. The van der Waals surface area contributed by atoms with Crippen molar-refractivity contribution in [2.45, 2.75) is 6.54 Å². The molecule has 0 aliphatic rings. The first kappa shape index (κ1) is 24.7. The van der Waals surface area contributed by atoms with Crippen LogP contribution in [0.3, 0.4) is 0 Å². The van der Waals surface area contributed by atoms with Gasteiger partial charge in [-0.15, -0.1) is 0 Å². The van der Waals surface area contributed by atoms with E-state index < -0.39 is 5.91 Å². The van der Waals surface area contributed by atoms with Gasteiger partial charge in [0, 0.05) is 49.0 Å². The zero-order chi connectivity index (χ0) is 23.5. The van der Waals surface area contributed by atoms with Gasteiger partial charge in [-0.25, -0.2) is 0 Å². The Labute approximate surface area is 190 Å². The molecule has 0 bridgehead atoms. The van der Waals surface area contributed by atoms with Gasteiger partial charge in [0.05, 0.1) is 18.2 Å². The molecule has 0 heterocycles. The quantitative estimate of drug-likeness (QED) is 0.464. The number of carbonyl (C=O) groups is 3. The molecule has 0 radical (unpaired) electrons. The number of likely N-dealkylation sites (N-methyl/N-ethyl adjacent to an activating group) is 1. The van der Waals surface area contributed by atoms with Gasteiger partial charge in [-0.2, -0.15) is 5.26 Å². The molecular formula is C22H23ClN4O5. The topological polar surface area (TPSA) is 130 Å². The Morgan fingerprint density at radius 2 is 1.75 bits per heavy atom. The number of halogens is 1. The van der Waals surface area contributed by atoms with E-state index in [9.17, 15) is 14.4 Å². The summed E-state index contributed by atoms with van der Waals surface area (Å²) in [5, 5.41) is 17.2. The third-order valence-electron chi connectivity index (χ3n) is 4.29. The fraction of sp³-hybridized carbons (Fsp3) is 0.273. The lowest BCUT2D eigenvalue weighted by molar-refractivity contribution is -0.122. The van der Waals surface area contributed by atoms with Crippen molar-refractivity contribution in [2.75, 3.05) is 33.9 Å². The summed E-state index contributed by atoms with van der Waals surface area (Å²) in [6.07, 6.45) is 0. The molecule has 0 aromatic heterocycles. The average molecular weight is 459 g/mol. The maximum atomic E-state index is 12.7. The first-order valence-corrected chi connectivity index (χ1v) is 9.98. The number of rotatable bonds is 10. The highest BCUT2D eigenvalue weighted by atomic mass is 35.5. The van der Waals surface area contributed by atoms with Crippen LogP contribution < -0.4 is 20.7 Å². The molecule has 3 amide bonds. The highest BCUT2D eigenvalue weighted by Crippen LogP contribution is 2.21. The molecular weight excluding hydrogens is 436 g/mol. The van der Waals surface area contributed by atoms with Crippen molar-refractivity contribution in [2.24, 2.45) is 0 Å². The number of nitriles is 1. The van der Waals surface area contributed by atoms with Crippen molar-refractivity contribution in [1.29, 1.82) is 5.26 Å². The molecule has 3 N–H and O–H groups in total. The molecule has 2 aromatic rings. The van der Waals surface area contributed by atoms with E-state index in [2.05, 4.69) is 16.0 Å². The molecule has 0 atom stereocenters. The second kappa shape index (κ2) is 12.3. The van der Waals surface area contributed by atoms with E-state index in [-0.39, 0.29) is 41.1 Å². The van der Waals surface area contributed by atoms with Crippen LogP contribution in [0.5, 0.6) is 5.75 Å². The second-order valence-electron chi connectivity index (χ2n) is 6.56. The number of methoxy groups -OCH3 is 1. The van der Waals surface area contributed by atoms with E-state index in [1.54, 1.807) is 12.1 Å². The Morgan fingerprint density at radius 3 is 2.38 bits per heavy atom. The molecule has 0 aliphatic carbocycles. The SMILES string of the molecule is CNC(=O)COc1cc(C#N)ccc1CNC(=O)c1cc(Cl)cc(C(=O)NCCOC)c1. The first-order chi connectivity index (χ1) is 15.4. The van der Waals surface area contributed by atoms with E-state index >= 15 is 0 Å². The summed E-state index contributed by atoms with van der Waals surface area (Å²) in [6.45, 7) is 0.507. The van der Waals surface area contributed by atoms with E-state index in [0.717, 1.165) is 0 Å². The summed E-state index contributed by atoms with van der Waals surface area (Å²) < 4.78 is 10.4. The van der Waals surface area contributed by atoms with Crippen LogP contribution in [-0.2, 0) is 16.1 Å². The Hall–Kier alpha value is -3.61. The number of carbonyl (C=O) groups excluding carboxylic acids is 3. The molecule has 0 saturated heterocycles. The van der Waals surface area contributed by atoms with Crippen molar-refractivity contribution in [3.05, 3.63) is 63.7 Å². The molecule has 32 heavy (non-hydrogen) atoms. The lowest BCUT2D eigenvalue weighted by Gasteiger charge is -2.13. The van der Waals surface area contributed by atoms with Gasteiger partial charge >= 0.3 is 0 Å². The minimum atomic E-state index is -0.458. The number of nitrogens with zero attached hydrogens (tertiary/aromatic N) is 1. The lowest BCUT2D eigenvalue weighted by Crippen LogP contribution is -2.28. The van der Waals surface area contributed by atoms with E-state index in [1.807, 2.05) is 6.07 Å². The second-order valence-corrected chi connectivity index (χ2v) is 6.99. The van der Waals surface area contributed by atoms with Crippen molar-refractivity contribution in [3.8, 4) is 11.8 Å². The summed E-state index contributed by atoms with van der Waals surface area (Å²) in [5.41, 5.74) is 1.37. The van der Waals surface area contributed by atoms with Crippen LogP contribution in [-0.4, -0.2) is 51.6 Å². The largest absolute Gasteiger partial charge is 0.483 e. The monoisotopic (exact) mass is 458 g/mol. The van der Waals surface area contributed by atoms with E-state index in [0.29, 0.717) is 30.0 Å². The Kier molecular flexibility index (Phi) is 9.47. The van der Waals surface area contributed by atoms with Gasteiger partial charge in [-0.3, -0.25) is 14.4 Å². The number of hydrogen-bond acceptors (Lipinski definition) is 6. The Bertz CT molecular complexity index is 1040. The van der Waals surface area contributed by atoms with Crippen LogP contribution >= 0.6 is 11.6 Å². The summed E-state index contributed by atoms with van der Waals surface area (Å²) in [7, 11) is 3.01. The lowest BCUT2D eigenvalue weighted by atomic mass is 10.1. The third-order valence-corrected chi connectivity index (χ3v) is 4.51. The van der Waals surface area contributed by atoms with Crippen molar-refractivity contribution in [1.82, 2.24) is 16.0 Å². The van der Waals surface area contributed by atoms with Gasteiger partial charge in [0.2, 0.25) is 0 Å². The number of benzene rings is 2. The highest BCUT2D eigenvalue weighted by Gasteiger charge is 2.14. The van der Waals surface area contributed by atoms with Gasteiger partial charge < -0.3 is 25.4 Å². The van der Waals surface area contributed by atoms with Crippen LogP contribution in [0.15, 0.2) is 36.4 Å². The Morgan fingerprint density at radius 1 is 1.06 bits per heavy atom. The summed E-state index contributed by atoms with van der Waals surface area (Å²) in [6, 6.07) is 11.1. The summed E-state index contributed by atoms with van der Waals surface area (Å²) >= 11 is 6.09. The van der Waals surface area contributed by atoms with Gasteiger partial charge in [0.15, 0.2) is 6.61 Å². The number of amides is 3. The van der Waals surface area contributed by atoms with E-state index in [4.69, 9.17) is 26.3 Å². The zero-order valence-corrected chi connectivity index (χ0v) is 18.4. The molecule has 0 spiro atoms. The van der Waals surface area contributed by atoms with Gasteiger partial charge in [-0.05, 0) is 30.3 Å². The molecule has 0 saturated carbocycles. The number of nitrogens with one attached hydrogen (secondary N) is 3. The molecule has 0 aliphatic heterocycles. The minimum absolute atomic E-state index is 0.0650. The zero-order valence-electron chi connectivity index (χ0n) is 17.7. The van der Waals surface area contributed by atoms with Crippen LogP contribution in [0.1, 0.15) is 31.8 Å². The third kappa shape index (κ3) is 7.27. The maximum absolute atomic E-state index is 12.7. The maximum Gasteiger partial charge on any atom is 0.257 e. The smallest absolute Gasteiger partial charge is 0.257 e. The predicted molar refractivity (Wildman–Crippen MR) is 118 cm³/mol. The van der Waals surface area contributed by atoms with Gasteiger partial charge in [-0.1, -0.05) is 17.7 Å². The normalized spacial score (nSPS) is 10.1. The number of hydrogen-bond donors (Lipinski definition) is 3. The Balaban J connectivity index is 2.12. The predicted octanol–water partition coefficient (Wildman–Crippen LogP) is 1.64. The minimum Gasteiger partial charge on any atom is -0.483 e. The molecule has 168 valence electrons. The molecule has 0 unspecified atom stereocenters.